The number of fused-ring (bicyclic) bond motifs is 1. The molecule has 5 aromatic rings. The van der Waals surface area contributed by atoms with Crippen LogP contribution in [0.3, 0.4) is 0 Å². The number of furan rings is 1. The number of oxazole rings is 1. The van der Waals surface area contributed by atoms with Crippen molar-refractivity contribution in [2.24, 2.45) is 0 Å². The Morgan fingerprint density at radius 3 is 2.56 bits per heavy atom. The molecule has 0 saturated heterocycles. The van der Waals surface area contributed by atoms with Gasteiger partial charge in [0.2, 0.25) is 5.89 Å². The zero-order valence-corrected chi connectivity index (χ0v) is 21.5. The molecule has 0 spiro atoms. The van der Waals surface area contributed by atoms with Crippen LogP contribution < -0.4 is 10.6 Å². The van der Waals surface area contributed by atoms with E-state index < -0.39 is 5.91 Å². The number of thiocarbonyl (C=S) groups is 1. The predicted molar refractivity (Wildman–Crippen MR) is 147 cm³/mol. The van der Waals surface area contributed by atoms with Crippen molar-refractivity contribution in [3.05, 3.63) is 93.7 Å². The van der Waals surface area contributed by atoms with Crippen LogP contribution in [0.2, 0.25) is 10.0 Å². The largest absolute Gasteiger partial charge is 0.451 e. The second-order valence-electron chi connectivity index (χ2n) is 8.21. The number of nitrogens with zero attached hydrogens (tertiary/aromatic N) is 1. The molecule has 0 unspecified atom stereocenters. The van der Waals surface area contributed by atoms with E-state index in [4.69, 9.17) is 44.3 Å². The summed E-state index contributed by atoms with van der Waals surface area (Å²) in [7, 11) is 0. The fraction of sp³-hybridized carbons (Fsp3) is 0.0741. The van der Waals surface area contributed by atoms with Gasteiger partial charge in [0.1, 0.15) is 11.3 Å². The highest BCUT2D eigenvalue weighted by Crippen LogP contribution is 2.32. The van der Waals surface area contributed by atoms with Crippen LogP contribution in [-0.2, 0) is 0 Å². The lowest BCUT2D eigenvalue weighted by Gasteiger charge is -2.09. The van der Waals surface area contributed by atoms with E-state index in [1.165, 1.54) is 5.56 Å². The van der Waals surface area contributed by atoms with E-state index in [1.807, 2.05) is 44.2 Å². The Bertz CT molecular complexity index is 1640. The van der Waals surface area contributed by atoms with Crippen LogP contribution in [0.4, 0.5) is 5.69 Å². The number of nitrogens with one attached hydrogen (secondary N) is 2. The molecule has 0 bridgehead atoms. The third kappa shape index (κ3) is 4.99. The molecule has 180 valence electrons. The number of aryl methyl sites for hydroxylation is 2. The molecule has 0 saturated carbocycles. The van der Waals surface area contributed by atoms with Crippen molar-refractivity contribution in [3.63, 3.8) is 0 Å². The van der Waals surface area contributed by atoms with Gasteiger partial charge in [0.15, 0.2) is 16.5 Å². The summed E-state index contributed by atoms with van der Waals surface area (Å²) in [4.78, 5) is 17.1. The molecule has 2 aromatic heterocycles. The summed E-state index contributed by atoms with van der Waals surface area (Å²) in [6, 6.07) is 19.9. The number of hydrogen-bond acceptors (Lipinski definition) is 5. The Labute approximate surface area is 222 Å². The number of amides is 1. The number of carbonyl (C=O) groups is 1. The van der Waals surface area contributed by atoms with Gasteiger partial charge in [-0.3, -0.25) is 10.1 Å². The Morgan fingerprint density at radius 1 is 0.917 bits per heavy atom. The molecule has 0 radical (unpaired) electrons. The van der Waals surface area contributed by atoms with E-state index in [9.17, 15) is 4.79 Å². The fourth-order valence-corrected chi connectivity index (χ4v) is 4.38. The summed E-state index contributed by atoms with van der Waals surface area (Å²) in [6.07, 6.45) is 0. The lowest BCUT2D eigenvalue weighted by atomic mass is 10.1. The van der Waals surface area contributed by atoms with Crippen molar-refractivity contribution >= 4 is 63.2 Å². The van der Waals surface area contributed by atoms with E-state index in [0.717, 1.165) is 11.1 Å². The Kier molecular flexibility index (Phi) is 6.53. The molecule has 0 fully saturated rings. The second-order valence-corrected chi connectivity index (χ2v) is 9.46. The SMILES string of the molecule is Cc1ccc(-c2ccc(C(=O)NC(=S)Nc3cccc(-c4nc5cc(Cl)cc(Cl)c5o4)c3)o2)cc1C. The molecule has 6 nitrogen and oxygen atoms in total. The van der Waals surface area contributed by atoms with Crippen molar-refractivity contribution < 1.29 is 13.6 Å². The standard InChI is InChI=1S/C27H19Cl2N3O3S/c1-14-6-7-16(10-15(14)2)22-8-9-23(34-22)25(33)32-27(36)30-19-5-3-4-17(11-19)26-31-21-13-18(28)12-20(29)24(21)35-26/h3-13H,1-2H3,(H2,30,32,33,36). The summed E-state index contributed by atoms with van der Waals surface area (Å²) in [5, 5.41) is 6.62. The maximum Gasteiger partial charge on any atom is 0.293 e. The first-order valence-corrected chi connectivity index (χ1v) is 12.1. The van der Waals surface area contributed by atoms with Gasteiger partial charge in [0, 0.05) is 21.8 Å². The van der Waals surface area contributed by atoms with Gasteiger partial charge in [-0.05, 0) is 85.7 Å². The van der Waals surface area contributed by atoms with E-state index in [-0.39, 0.29) is 10.9 Å². The molecule has 1 amide bonds. The van der Waals surface area contributed by atoms with Gasteiger partial charge < -0.3 is 14.2 Å². The monoisotopic (exact) mass is 535 g/mol. The third-order valence-corrected chi connectivity index (χ3v) is 6.33. The number of anilines is 1. The number of rotatable bonds is 4. The molecule has 2 N–H and O–H groups in total. The topological polar surface area (TPSA) is 80.3 Å². The molecule has 36 heavy (non-hydrogen) atoms. The van der Waals surface area contributed by atoms with Gasteiger partial charge in [-0.15, -0.1) is 0 Å². The zero-order chi connectivity index (χ0) is 25.4. The van der Waals surface area contributed by atoms with Crippen LogP contribution in [0, 0.1) is 13.8 Å². The van der Waals surface area contributed by atoms with Crippen molar-refractivity contribution in [1.29, 1.82) is 0 Å². The normalized spacial score (nSPS) is 11.0. The van der Waals surface area contributed by atoms with Crippen LogP contribution in [-0.4, -0.2) is 16.0 Å². The summed E-state index contributed by atoms with van der Waals surface area (Å²) < 4.78 is 11.6. The maximum atomic E-state index is 12.7. The van der Waals surface area contributed by atoms with E-state index in [0.29, 0.717) is 44.0 Å². The molecule has 0 aliphatic rings. The minimum atomic E-state index is -0.454. The van der Waals surface area contributed by atoms with Gasteiger partial charge in [0.05, 0.1) is 5.02 Å². The number of hydrogen-bond donors (Lipinski definition) is 2. The Hall–Kier alpha value is -3.65. The summed E-state index contributed by atoms with van der Waals surface area (Å²) in [5.74, 6) is 0.684. The molecule has 5 rings (SSSR count). The minimum absolute atomic E-state index is 0.119. The lowest BCUT2D eigenvalue weighted by molar-refractivity contribution is 0.0951. The van der Waals surface area contributed by atoms with Crippen molar-refractivity contribution in [3.8, 4) is 22.8 Å². The molecule has 9 heteroatoms. The minimum Gasteiger partial charge on any atom is -0.451 e. The third-order valence-electron chi connectivity index (χ3n) is 5.63. The highest BCUT2D eigenvalue weighted by Gasteiger charge is 2.16. The number of aromatic nitrogens is 1. The lowest BCUT2D eigenvalue weighted by Crippen LogP contribution is -2.33. The number of halogens is 2. The van der Waals surface area contributed by atoms with E-state index in [2.05, 4.69) is 15.6 Å². The Balaban J connectivity index is 1.28. The zero-order valence-electron chi connectivity index (χ0n) is 19.2. The van der Waals surface area contributed by atoms with Crippen LogP contribution in [0.15, 0.2) is 75.6 Å². The first-order valence-electron chi connectivity index (χ1n) is 10.9. The van der Waals surface area contributed by atoms with Crippen LogP contribution >= 0.6 is 35.4 Å². The average Bonchev–Trinajstić information content (AvgIpc) is 3.49. The van der Waals surface area contributed by atoms with Crippen LogP contribution in [0.5, 0.6) is 0 Å². The maximum absolute atomic E-state index is 12.7. The molecule has 0 aliphatic carbocycles. The highest BCUT2D eigenvalue weighted by molar-refractivity contribution is 7.80. The summed E-state index contributed by atoms with van der Waals surface area (Å²) in [6.45, 7) is 4.08. The molecule has 2 heterocycles. The molecule has 3 aromatic carbocycles. The average molecular weight is 536 g/mol. The van der Waals surface area contributed by atoms with Gasteiger partial charge >= 0.3 is 0 Å². The van der Waals surface area contributed by atoms with Crippen molar-refractivity contribution in [2.45, 2.75) is 13.8 Å². The molecule has 0 aliphatic heterocycles. The van der Waals surface area contributed by atoms with Crippen molar-refractivity contribution in [2.75, 3.05) is 5.32 Å². The second kappa shape index (κ2) is 9.78. The van der Waals surface area contributed by atoms with Crippen LogP contribution in [0.25, 0.3) is 33.9 Å². The number of benzene rings is 3. The quantitative estimate of drug-likeness (QED) is 0.228. The van der Waals surface area contributed by atoms with Gasteiger partial charge in [0.25, 0.3) is 5.91 Å². The van der Waals surface area contributed by atoms with E-state index in [1.54, 1.807) is 36.4 Å². The van der Waals surface area contributed by atoms with E-state index >= 15 is 0 Å². The van der Waals surface area contributed by atoms with Gasteiger partial charge in [-0.2, -0.15) is 0 Å². The fourth-order valence-electron chi connectivity index (χ4n) is 3.65. The van der Waals surface area contributed by atoms with Crippen LogP contribution in [0.1, 0.15) is 21.7 Å². The Morgan fingerprint density at radius 2 is 1.75 bits per heavy atom. The smallest absolute Gasteiger partial charge is 0.293 e. The summed E-state index contributed by atoms with van der Waals surface area (Å²) >= 11 is 17.6. The molecule has 0 atom stereocenters. The molecular formula is C27H19Cl2N3O3S. The van der Waals surface area contributed by atoms with Gasteiger partial charge in [-0.25, -0.2) is 4.98 Å². The first-order chi connectivity index (χ1) is 17.3. The predicted octanol–water partition coefficient (Wildman–Crippen LogP) is 7.81. The van der Waals surface area contributed by atoms with Crippen molar-refractivity contribution in [1.82, 2.24) is 10.3 Å². The molecular weight excluding hydrogens is 517 g/mol. The van der Waals surface area contributed by atoms with Gasteiger partial charge in [-0.1, -0.05) is 41.4 Å². The number of carbonyl (C=O) groups excluding carboxylic acids is 1. The first kappa shape index (κ1) is 24.1. The summed E-state index contributed by atoms with van der Waals surface area (Å²) in [5.41, 5.74) is 5.58. The highest BCUT2D eigenvalue weighted by atomic mass is 35.5.